The molecule has 0 saturated carbocycles. The summed E-state index contributed by atoms with van der Waals surface area (Å²) in [5.74, 6) is 3.32. The van der Waals surface area contributed by atoms with Crippen LogP contribution in [0.1, 0.15) is 17.5 Å². The van der Waals surface area contributed by atoms with E-state index in [-0.39, 0.29) is 10.2 Å². The van der Waals surface area contributed by atoms with Crippen LogP contribution in [0.3, 0.4) is 0 Å². The van der Waals surface area contributed by atoms with Crippen molar-refractivity contribution in [2.45, 2.75) is 30.0 Å². The van der Waals surface area contributed by atoms with Gasteiger partial charge in [0.1, 0.15) is 6.10 Å². The molecule has 0 fully saturated rings. The first-order valence-electron chi connectivity index (χ1n) is 7.65. The molecule has 0 saturated heterocycles. The summed E-state index contributed by atoms with van der Waals surface area (Å²) in [7, 11) is 0. The summed E-state index contributed by atoms with van der Waals surface area (Å²) in [6, 6.07) is 12.1. The van der Waals surface area contributed by atoms with E-state index in [1.165, 1.54) is 11.1 Å². The molecule has 23 heavy (non-hydrogen) atoms. The fraction of sp³-hybridized carbons (Fsp3) is 0.333. The Morgan fingerprint density at radius 3 is 2.70 bits per heavy atom. The maximum Gasteiger partial charge on any atom is 0.231 e. The number of fused-ring (bicyclic) bond motifs is 2. The summed E-state index contributed by atoms with van der Waals surface area (Å²) >= 11 is 2.30. The highest BCUT2D eigenvalue weighted by Gasteiger charge is 2.29. The molecular formula is C18H17IO4. The highest BCUT2D eigenvalue weighted by Crippen LogP contribution is 2.38. The normalized spacial score (nSPS) is 21.3. The van der Waals surface area contributed by atoms with Gasteiger partial charge < -0.3 is 18.9 Å². The Morgan fingerprint density at radius 1 is 0.957 bits per heavy atom. The van der Waals surface area contributed by atoms with Crippen LogP contribution in [0.5, 0.6) is 23.0 Å². The van der Waals surface area contributed by atoms with Gasteiger partial charge in [-0.1, -0.05) is 12.1 Å². The van der Waals surface area contributed by atoms with Gasteiger partial charge in [-0.05, 0) is 77.7 Å². The fourth-order valence-corrected chi connectivity index (χ4v) is 3.59. The van der Waals surface area contributed by atoms with Gasteiger partial charge in [0.15, 0.2) is 27.1 Å². The molecule has 2 unspecified atom stereocenters. The minimum absolute atomic E-state index is 0.0109. The molecule has 2 aromatic carbocycles. The SMILES string of the molecule is Cc1ccc2c(c1)OC(CCc1ccc3c(c1)OCO3)C(I)O2. The molecule has 0 aromatic heterocycles. The first-order chi connectivity index (χ1) is 11.2. The number of ether oxygens (including phenoxy) is 4. The van der Waals surface area contributed by atoms with Gasteiger partial charge in [-0.3, -0.25) is 0 Å². The number of aryl methyl sites for hydroxylation is 2. The average molecular weight is 424 g/mol. The van der Waals surface area contributed by atoms with Crippen LogP contribution in [0.15, 0.2) is 36.4 Å². The first-order valence-corrected chi connectivity index (χ1v) is 8.90. The molecule has 0 N–H and O–H groups in total. The summed E-state index contributed by atoms with van der Waals surface area (Å²) in [4.78, 5) is 0. The van der Waals surface area contributed by atoms with Crippen molar-refractivity contribution >= 4 is 22.6 Å². The predicted molar refractivity (Wildman–Crippen MR) is 94.9 cm³/mol. The van der Waals surface area contributed by atoms with Gasteiger partial charge in [0, 0.05) is 0 Å². The largest absolute Gasteiger partial charge is 0.482 e. The van der Waals surface area contributed by atoms with Gasteiger partial charge in [0.2, 0.25) is 6.79 Å². The highest BCUT2D eigenvalue weighted by atomic mass is 127. The quantitative estimate of drug-likeness (QED) is 0.545. The highest BCUT2D eigenvalue weighted by molar-refractivity contribution is 14.1. The molecule has 2 heterocycles. The molecule has 0 aliphatic carbocycles. The Morgan fingerprint density at radius 2 is 1.78 bits per heavy atom. The minimum Gasteiger partial charge on any atom is -0.482 e. The number of rotatable bonds is 3. The van der Waals surface area contributed by atoms with E-state index in [9.17, 15) is 0 Å². The molecule has 0 spiro atoms. The van der Waals surface area contributed by atoms with Crippen molar-refractivity contribution in [3.05, 3.63) is 47.5 Å². The number of hydrogen-bond donors (Lipinski definition) is 0. The van der Waals surface area contributed by atoms with E-state index in [4.69, 9.17) is 18.9 Å². The van der Waals surface area contributed by atoms with E-state index in [0.717, 1.165) is 35.8 Å². The Balaban J connectivity index is 1.45. The molecule has 2 atom stereocenters. The molecule has 4 rings (SSSR count). The summed E-state index contributed by atoms with van der Waals surface area (Å²) in [6.07, 6.45) is 1.83. The topological polar surface area (TPSA) is 36.9 Å². The van der Waals surface area contributed by atoms with Gasteiger partial charge in [-0.25, -0.2) is 0 Å². The van der Waals surface area contributed by atoms with E-state index in [0.29, 0.717) is 6.79 Å². The van der Waals surface area contributed by atoms with Gasteiger partial charge in [-0.15, -0.1) is 0 Å². The van der Waals surface area contributed by atoms with Gasteiger partial charge in [0.05, 0.1) is 0 Å². The number of hydrogen-bond acceptors (Lipinski definition) is 4. The number of benzene rings is 2. The lowest BCUT2D eigenvalue weighted by Gasteiger charge is -2.31. The molecule has 0 bridgehead atoms. The second-order valence-electron chi connectivity index (χ2n) is 5.80. The average Bonchev–Trinajstić information content (AvgIpc) is 3.01. The zero-order chi connectivity index (χ0) is 15.8. The smallest absolute Gasteiger partial charge is 0.231 e. The lowest BCUT2D eigenvalue weighted by atomic mass is 10.1. The van der Waals surface area contributed by atoms with E-state index >= 15 is 0 Å². The first kappa shape index (κ1) is 14.9. The van der Waals surface area contributed by atoms with Crippen LogP contribution >= 0.6 is 22.6 Å². The van der Waals surface area contributed by atoms with Crippen molar-refractivity contribution < 1.29 is 18.9 Å². The molecule has 2 aliphatic heterocycles. The maximum absolute atomic E-state index is 6.15. The van der Waals surface area contributed by atoms with Crippen LogP contribution in [0.4, 0.5) is 0 Å². The zero-order valence-corrected chi connectivity index (χ0v) is 14.9. The van der Waals surface area contributed by atoms with Crippen molar-refractivity contribution in [1.29, 1.82) is 0 Å². The van der Waals surface area contributed by atoms with Crippen LogP contribution in [-0.4, -0.2) is 17.0 Å². The molecule has 0 radical (unpaired) electrons. The van der Waals surface area contributed by atoms with Crippen LogP contribution < -0.4 is 18.9 Å². The summed E-state index contributed by atoms with van der Waals surface area (Å²) in [5, 5.41) is 0. The fourth-order valence-electron chi connectivity index (χ4n) is 2.81. The second kappa shape index (κ2) is 6.11. The third-order valence-electron chi connectivity index (χ3n) is 4.06. The van der Waals surface area contributed by atoms with Gasteiger partial charge in [0.25, 0.3) is 0 Å². The van der Waals surface area contributed by atoms with Crippen molar-refractivity contribution in [2.75, 3.05) is 6.79 Å². The van der Waals surface area contributed by atoms with E-state index in [2.05, 4.69) is 35.6 Å². The lowest BCUT2D eigenvalue weighted by molar-refractivity contribution is 0.0739. The van der Waals surface area contributed by atoms with Crippen LogP contribution in [0.25, 0.3) is 0 Å². The Kier molecular flexibility index (Phi) is 3.97. The van der Waals surface area contributed by atoms with Crippen LogP contribution in [0, 0.1) is 6.92 Å². The molecule has 2 aromatic rings. The third kappa shape index (κ3) is 3.06. The predicted octanol–water partition coefficient (Wildman–Crippen LogP) is 4.26. The Bertz CT molecular complexity index is 731. The molecule has 120 valence electrons. The number of halogens is 1. The minimum atomic E-state index is 0.0109. The van der Waals surface area contributed by atoms with E-state index in [1.807, 2.05) is 30.3 Å². The standard InChI is InChI=1S/C18H17IO4/c1-11-2-5-14-17(8-11)22-15(18(19)23-14)7-4-12-3-6-13-16(9-12)21-10-20-13/h2-3,5-6,8-9,15,18H,4,7,10H2,1H3. The van der Waals surface area contributed by atoms with Crippen molar-refractivity contribution in [3.63, 3.8) is 0 Å². The zero-order valence-electron chi connectivity index (χ0n) is 12.8. The Labute approximate surface area is 148 Å². The lowest BCUT2D eigenvalue weighted by Crippen LogP contribution is -2.35. The third-order valence-corrected chi connectivity index (χ3v) is 5.12. The summed E-state index contributed by atoms with van der Waals surface area (Å²) in [5.41, 5.74) is 2.39. The molecule has 2 aliphatic rings. The van der Waals surface area contributed by atoms with Gasteiger partial charge >= 0.3 is 0 Å². The molecule has 5 heteroatoms. The molecule has 0 amide bonds. The summed E-state index contributed by atoms with van der Waals surface area (Å²) < 4.78 is 22.9. The molecule has 4 nitrogen and oxygen atoms in total. The van der Waals surface area contributed by atoms with Crippen LogP contribution in [-0.2, 0) is 6.42 Å². The summed E-state index contributed by atoms with van der Waals surface area (Å²) in [6.45, 7) is 2.37. The second-order valence-corrected chi connectivity index (χ2v) is 7.03. The van der Waals surface area contributed by atoms with Crippen molar-refractivity contribution in [1.82, 2.24) is 0 Å². The van der Waals surface area contributed by atoms with Crippen molar-refractivity contribution in [3.8, 4) is 23.0 Å². The Hall–Kier alpha value is -1.63. The van der Waals surface area contributed by atoms with Crippen LogP contribution in [0.2, 0.25) is 0 Å². The monoisotopic (exact) mass is 424 g/mol. The number of alkyl halides is 1. The van der Waals surface area contributed by atoms with Gasteiger partial charge in [-0.2, -0.15) is 0 Å². The van der Waals surface area contributed by atoms with Crippen molar-refractivity contribution in [2.24, 2.45) is 0 Å². The molecular weight excluding hydrogens is 407 g/mol. The van der Waals surface area contributed by atoms with E-state index in [1.54, 1.807) is 0 Å². The van der Waals surface area contributed by atoms with E-state index < -0.39 is 0 Å². The maximum atomic E-state index is 6.15.